The quantitative estimate of drug-likeness (QED) is 0.739. The molecule has 140 valence electrons. The number of piperidine rings is 1. The first-order valence-electron chi connectivity index (χ1n) is 9.13. The average molecular weight is 366 g/mol. The van der Waals surface area contributed by atoms with Crippen LogP contribution in [-0.4, -0.2) is 37.6 Å². The van der Waals surface area contributed by atoms with Gasteiger partial charge in [0.25, 0.3) is 5.56 Å². The molecule has 0 saturated carbocycles. The second-order valence-corrected chi connectivity index (χ2v) is 7.14. The predicted octanol–water partition coefficient (Wildman–Crippen LogP) is 1.94. The van der Waals surface area contributed by atoms with Crippen molar-refractivity contribution in [1.82, 2.24) is 19.4 Å². The third-order valence-corrected chi connectivity index (χ3v) is 5.24. The Morgan fingerprint density at radius 3 is 2.74 bits per heavy atom. The molecule has 0 bridgehead atoms. The van der Waals surface area contributed by atoms with Crippen molar-refractivity contribution < 1.29 is 5.11 Å². The van der Waals surface area contributed by atoms with E-state index in [-0.39, 0.29) is 23.0 Å². The molecular formula is C20H22N4O3. The number of para-hydroxylation sites is 1. The highest BCUT2D eigenvalue weighted by Crippen LogP contribution is 2.25. The van der Waals surface area contributed by atoms with Gasteiger partial charge in [-0.05, 0) is 31.9 Å². The second-order valence-electron chi connectivity index (χ2n) is 7.14. The number of hydrogen-bond acceptors (Lipinski definition) is 5. The Bertz CT molecular complexity index is 1090. The number of rotatable bonds is 3. The van der Waals surface area contributed by atoms with Crippen LogP contribution in [0.4, 0.5) is 0 Å². The fourth-order valence-corrected chi connectivity index (χ4v) is 3.70. The van der Waals surface area contributed by atoms with Crippen LogP contribution in [-0.2, 0) is 6.54 Å². The molecule has 3 aromatic rings. The van der Waals surface area contributed by atoms with Crippen LogP contribution in [0.15, 0.2) is 46.1 Å². The summed E-state index contributed by atoms with van der Waals surface area (Å²) < 4.78 is 1.65. The minimum atomic E-state index is -0.337. The standard InChI is InChI=1S/C20H22N4O3/c1-13-11-24(20(27)22-19(13)26)16-7-9-23(10-8-16)12-15-6-5-14-3-2-4-17(25)18(14)21-15/h2-6,11,16,25H,7-10,12H2,1H3,(H,22,26,27). The molecule has 3 heterocycles. The number of benzene rings is 1. The summed E-state index contributed by atoms with van der Waals surface area (Å²) >= 11 is 0. The van der Waals surface area contributed by atoms with Crippen LogP contribution in [0.2, 0.25) is 0 Å². The number of nitrogens with zero attached hydrogens (tertiary/aromatic N) is 3. The van der Waals surface area contributed by atoms with E-state index in [4.69, 9.17) is 0 Å². The van der Waals surface area contributed by atoms with Gasteiger partial charge in [0, 0.05) is 42.8 Å². The summed E-state index contributed by atoms with van der Waals surface area (Å²) in [6.07, 6.45) is 3.34. The van der Waals surface area contributed by atoms with E-state index in [0.717, 1.165) is 37.0 Å². The van der Waals surface area contributed by atoms with Crippen molar-refractivity contribution in [3.8, 4) is 5.75 Å². The highest BCUT2D eigenvalue weighted by Gasteiger charge is 2.22. The van der Waals surface area contributed by atoms with Crippen LogP contribution < -0.4 is 11.2 Å². The van der Waals surface area contributed by atoms with E-state index in [1.54, 1.807) is 23.8 Å². The topological polar surface area (TPSA) is 91.2 Å². The lowest BCUT2D eigenvalue weighted by molar-refractivity contribution is 0.175. The number of nitrogens with one attached hydrogen (secondary N) is 1. The van der Waals surface area contributed by atoms with Gasteiger partial charge >= 0.3 is 5.69 Å². The minimum Gasteiger partial charge on any atom is -0.506 e. The normalized spacial score (nSPS) is 16.0. The maximum atomic E-state index is 12.1. The number of H-pyrrole nitrogens is 1. The predicted molar refractivity (Wildman–Crippen MR) is 103 cm³/mol. The molecule has 0 unspecified atom stereocenters. The van der Waals surface area contributed by atoms with Gasteiger partial charge in [0.1, 0.15) is 11.3 Å². The fraction of sp³-hybridized carbons (Fsp3) is 0.350. The summed E-state index contributed by atoms with van der Waals surface area (Å²) in [4.78, 5) is 32.9. The van der Waals surface area contributed by atoms with Crippen LogP contribution in [0.3, 0.4) is 0 Å². The zero-order valence-electron chi connectivity index (χ0n) is 15.2. The van der Waals surface area contributed by atoms with Crippen LogP contribution in [0.25, 0.3) is 10.9 Å². The highest BCUT2D eigenvalue weighted by molar-refractivity contribution is 5.84. The largest absolute Gasteiger partial charge is 0.506 e. The van der Waals surface area contributed by atoms with E-state index in [2.05, 4.69) is 14.9 Å². The van der Waals surface area contributed by atoms with E-state index in [0.29, 0.717) is 17.6 Å². The number of fused-ring (bicyclic) bond motifs is 1. The lowest BCUT2D eigenvalue weighted by atomic mass is 10.0. The smallest absolute Gasteiger partial charge is 0.328 e. The van der Waals surface area contributed by atoms with Gasteiger partial charge in [-0.2, -0.15) is 0 Å². The number of aryl methyl sites for hydroxylation is 1. The van der Waals surface area contributed by atoms with Crippen molar-refractivity contribution in [3.63, 3.8) is 0 Å². The Labute approximate surface area is 155 Å². The van der Waals surface area contributed by atoms with Gasteiger partial charge in [0.15, 0.2) is 0 Å². The number of aromatic hydroxyl groups is 1. The molecule has 1 saturated heterocycles. The molecule has 27 heavy (non-hydrogen) atoms. The molecule has 2 aromatic heterocycles. The molecule has 7 nitrogen and oxygen atoms in total. The number of likely N-dealkylation sites (tertiary alicyclic amines) is 1. The van der Waals surface area contributed by atoms with Crippen molar-refractivity contribution in [3.05, 3.63) is 68.6 Å². The number of aromatic amines is 1. The van der Waals surface area contributed by atoms with Crippen LogP contribution in [0.1, 0.15) is 30.1 Å². The van der Waals surface area contributed by atoms with Gasteiger partial charge in [-0.3, -0.25) is 19.2 Å². The maximum Gasteiger partial charge on any atom is 0.328 e. The van der Waals surface area contributed by atoms with E-state index in [1.165, 1.54) is 0 Å². The minimum absolute atomic E-state index is 0.0953. The van der Waals surface area contributed by atoms with Crippen LogP contribution >= 0.6 is 0 Å². The Hall–Kier alpha value is -2.93. The first-order chi connectivity index (χ1) is 13.0. The van der Waals surface area contributed by atoms with E-state index in [1.807, 2.05) is 24.3 Å². The van der Waals surface area contributed by atoms with Gasteiger partial charge in [-0.25, -0.2) is 9.78 Å². The van der Waals surface area contributed by atoms with Gasteiger partial charge in [-0.1, -0.05) is 18.2 Å². The third kappa shape index (κ3) is 3.50. The molecule has 2 N–H and O–H groups in total. The van der Waals surface area contributed by atoms with Gasteiger partial charge in [0.2, 0.25) is 0 Å². The number of phenols is 1. The number of phenolic OH excluding ortho intramolecular Hbond substituents is 1. The Morgan fingerprint density at radius 2 is 1.96 bits per heavy atom. The van der Waals surface area contributed by atoms with Crippen molar-refractivity contribution in [2.75, 3.05) is 13.1 Å². The molecule has 4 rings (SSSR count). The van der Waals surface area contributed by atoms with Crippen molar-refractivity contribution >= 4 is 10.9 Å². The summed E-state index contributed by atoms with van der Waals surface area (Å²) in [7, 11) is 0. The Morgan fingerprint density at radius 1 is 1.19 bits per heavy atom. The number of aromatic nitrogens is 3. The average Bonchev–Trinajstić information content (AvgIpc) is 2.66. The molecule has 0 radical (unpaired) electrons. The molecule has 7 heteroatoms. The van der Waals surface area contributed by atoms with Gasteiger partial charge in [0.05, 0.1) is 5.69 Å². The molecule has 1 fully saturated rings. The third-order valence-electron chi connectivity index (χ3n) is 5.24. The molecule has 0 atom stereocenters. The fourth-order valence-electron chi connectivity index (χ4n) is 3.70. The second kappa shape index (κ2) is 7.00. The van der Waals surface area contributed by atoms with E-state index in [9.17, 15) is 14.7 Å². The Kier molecular flexibility index (Phi) is 4.53. The lowest BCUT2D eigenvalue weighted by Gasteiger charge is -2.32. The van der Waals surface area contributed by atoms with Crippen molar-refractivity contribution in [1.29, 1.82) is 0 Å². The number of hydrogen-bond donors (Lipinski definition) is 2. The maximum absolute atomic E-state index is 12.1. The molecule has 0 amide bonds. The summed E-state index contributed by atoms with van der Waals surface area (Å²) in [5, 5.41) is 10.9. The Balaban J connectivity index is 1.46. The van der Waals surface area contributed by atoms with Crippen LogP contribution in [0, 0.1) is 6.92 Å². The molecular weight excluding hydrogens is 344 g/mol. The monoisotopic (exact) mass is 366 g/mol. The molecule has 1 aromatic carbocycles. The highest BCUT2D eigenvalue weighted by atomic mass is 16.3. The summed E-state index contributed by atoms with van der Waals surface area (Å²) in [6, 6.07) is 9.45. The first kappa shape index (κ1) is 17.5. The van der Waals surface area contributed by atoms with Gasteiger partial charge in [-0.15, -0.1) is 0 Å². The summed E-state index contributed by atoms with van der Waals surface area (Å²) in [5.41, 5.74) is 1.44. The lowest BCUT2D eigenvalue weighted by Crippen LogP contribution is -2.39. The molecule has 1 aliphatic heterocycles. The van der Waals surface area contributed by atoms with Crippen LogP contribution in [0.5, 0.6) is 5.75 Å². The van der Waals surface area contributed by atoms with Crippen molar-refractivity contribution in [2.24, 2.45) is 0 Å². The number of pyridine rings is 1. The van der Waals surface area contributed by atoms with Gasteiger partial charge < -0.3 is 5.11 Å². The zero-order valence-corrected chi connectivity index (χ0v) is 15.2. The molecule has 1 aliphatic rings. The SMILES string of the molecule is Cc1cn(C2CCN(Cc3ccc4cccc(O)c4n3)CC2)c(=O)[nH]c1=O. The van der Waals surface area contributed by atoms with Crippen molar-refractivity contribution in [2.45, 2.75) is 32.4 Å². The zero-order chi connectivity index (χ0) is 19.0. The molecule has 0 aliphatic carbocycles. The van der Waals surface area contributed by atoms with E-state index < -0.39 is 0 Å². The first-order valence-corrected chi connectivity index (χ1v) is 9.13. The summed E-state index contributed by atoms with van der Waals surface area (Å²) in [6.45, 7) is 4.10. The molecule has 0 spiro atoms. The van der Waals surface area contributed by atoms with E-state index >= 15 is 0 Å². The summed E-state index contributed by atoms with van der Waals surface area (Å²) in [5.74, 6) is 0.195.